The number of hydrogen-bond donors (Lipinski definition) is 0. The largest absolute Gasteiger partial charge is 0.364 e. The van der Waals surface area contributed by atoms with Gasteiger partial charge in [0, 0.05) is 28.1 Å². The molecule has 0 aromatic rings. The molecule has 22 heavy (non-hydrogen) atoms. The molecule has 2 aliphatic heterocycles. The minimum absolute atomic E-state index is 0.122. The zero-order valence-corrected chi connectivity index (χ0v) is 12.8. The Hall–Kier alpha value is -2.20. The molecule has 2 saturated heterocycles. The first kappa shape index (κ1) is 16.2. The van der Waals surface area contributed by atoms with Crippen LogP contribution >= 0.6 is 0 Å². The standard InChI is InChI=1S/C12H18N4O6/c1-7(17)15-10-9(13(5-21-3)11(15)19)14(6-22-4)12(20)16(10)8(2)18/h9-10H,5-6H2,1-4H3. The second kappa shape index (κ2) is 5.89. The molecule has 2 fully saturated rings. The number of urea groups is 2. The van der Waals surface area contributed by atoms with E-state index < -0.39 is 36.2 Å². The average Bonchev–Trinajstić information content (AvgIpc) is 2.84. The number of rotatable bonds is 4. The van der Waals surface area contributed by atoms with Gasteiger partial charge in [0.1, 0.15) is 13.5 Å². The predicted octanol–water partition coefficient (Wildman–Crippen LogP) is -0.585. The van der Waals surface area contributed by atoms with E-state index in [9.17, 15) is 19.2 Å². The van der Waals surface area contributed by atoms with Gasteiger partial charge in [0.2, 0.25) is 11.8 Å². The van der Waals surface area contributed by atoms with Gasteiger partial charge in [0.25, 0.3) is 0 Å². The van der Waals surface area contributed by atoms with Gasteiger partial charge in [-0.15, -0.1) is 0 Å². The van der Waals surface area contributed by atoms with Crippen molar-refractivity contribution in [3.05, 3.63) is 0 Å². The van der Waals surface area contributed by atoms with Gasteiger partial charge in [-0.3, -0.25) is 19.4 Å². The highest BCUT2D eigenvalue weighted by atomic mass is 16.5. The van der Waals surface area contributed by atoms with Gasteiger partial charge in [-0.05, 0) is 0 Å². The molecule has 0 aromatic heterocycles. The highest BCUT2D eigenvalue weighted by Gasteiger charge is 2.61. The van der Waals surface area contributed by atoms with Crippen LogP contribution in [0.2, 0.25) is 0 Å². The van der Waals surface area contributed by atoms with E-state index in [1.807, 2.05) is 0 Å². The van der Waals surface area contributed by atoms with E-state index in [4.69, 9.17) is 9.47 Å². The van der Waals surface area contributed by atoms with Gasteiger partial charge in [-0.2, -0.15) is 0 Å². The molecule has 0 spiro atoms. The quantitative estimate of drug-likeness (QED) is 0.688. The number of nitrogens with zero attached hydrogens (tertiary/aromatic N) is 4. The van der Waals surface area contributed by atoms with Gasteiger partial charge in [-0.25, -0.2) is 19.4 Å². The molecule has 6 amide bonds. The summed E-state index contributed by atoms with van der Waals surface area (Å²) in [7, 11) is 2.78. The highest BCUT2D eigenvalue weighted by Crippen LogP contribution is 2.35. The lowest BCUT2D eigenvalue weighted by atomic mass is 10.3. The van der Waals surface area contributed by atoms with Crippen molar-refractivity contribution < 1.29 is 28.7 Å². The molecule has 0 bridgehead atoms. The Bertz CT molecular complexity index is 480. The fourth-order valence-corrected chi connectivity index (χ4v) is 2.78. The second-order valence-corrected chi connectivity index (χ2v) is 4.95. The van der Waals surface area contributed by atoms with Crippen molar-refractivity contribution in [2.24, 2.45) is 0 Å². The molecule has 0 aliphatic carbocycles. The van der Waals surface area contributed by atoms with Gasteiger partial charge in [0.05, 0.1) is 0 Å². The van der Waals surface area contributed by atoms with E-state index >= 15 is 0 Å². The van der Waals surface area contributed by atoms with Crippen molar-refractivity contribution in [2.45, 2.75) is 26.2 Å². The summed E-state index contributed by atoms with van der Waals surface area (Å²) < 4.78 is 9.95. The van der Waals surface area contributed by atoms with Crippen LogP contribution in [0, 0.1) is 0 Å². The topological polar surface area (TPSA) is 99.7 Å². The molecule has 0 radical (unpaired) electrons. The molecule has 0 N–H and O–H groups in total. The number of carbonyl (C=O) groups excluding carboxylic acids is 4. The summed E-state index contributed by atoms with van der Waals surface area (Å²) in [6, 6.07) is -1.24. The normalized spacial score (nSPS) is 24.4. The van der Waals surface area contributed by atoms with Crippen LogP contribution in [0.4, 0.5) is 9.59 Å². The number of hydrogen-bond acceptors (Lipinski definition) is 6. The van der Waals surface area contributed by atoms with Crippen molar-refractivity contribution >= 4 is 23.9 Å². The van der Waals surface area contributed by atoms with Crippen molar-refractivity contribution in [2.75, 3.05) is 27.7 Å². The van der Waals surface area contributed by atoms with E-state index in [1.165, 1.54) is 37.9 Å². The number of imide groups is 2. The Balaban J connectivity index is 2.51. The highest BCUT2D eigenvalue weighted by molar-refractivity contribution is 6.02. The Morgan fingerprint density at radius 3 is 1.50 bits per heavy atom. The van der Waals surface area contributed by atoms with E-state index in [-0.39, 0.29) is 13.5 Å². The Kier molecular flexibility index (Phi) is 4.33. The Morgan fingerprint density at radius 1 is 0.864 bits per heavy atom. The van der Waals surface area contributed by atoms with E-state index in [0.717, 1.165) is 9.80 Å². The van der Waals surface area contributed by atoms with Gasteiger partial charge < -0.3 is 9.47 Å². The molecule has 10 nitrogen and oxygen atoms in total. The summed E-state index contributed by atoms with van der Waals surface area (Å²) in [5, 5.41) is 0. The third-order valence-electron chi connectivity index (χ3n) is 3.55. The molecular formula is C12H18N4O6. The second-order valence-electron chi connectivity index (χ2n) is 4.95. The summed E-state index contributed by atoms with van der Waals surface area (Å²) in [5.74, 6) is -1.12. The summed E-state index contributed by atoms with van der Waals surface area (Å²) in [6.45, 7) is 2.16. The monoisotopic (exact) mass is 314 g/mol. The number of methoxy groups -OCH3 is 2. The number of fused-ring (bicyclic) bond motifs is 1. The maximum Gasteiger partial charge on any atom is 0.332 e. The summed E-state index contributed by atoms with van der Waals surface area (Å²) in [6.07, 6.45) is -1.87. The van der Waals surface area contributed by atoms with Crippen LogP contribution < -0.4 is 0 Å². The van der Waals surface area contributed by atoms with E-state index in [2.05, 4.69) is 0 Å². The minimum atomic E-state index is -1.03. The molecular weight excluding hydrogens is 296 g/mol. The molecule has 122 valence electrons. The van der Waals surface area contributed by atoms with Crippen LogP contribution in [-0.2, 0) is 19.1 Å². The maximum absolute atomic E-state index is 12.4. The third-order valence-corrected chi connectivity index (χ3v) is 3.55. The SMILES string of the molecule is COCN1C(=O)N(C(C)=O)C2C1N(COC)C(=O)N2C(C)=O. The Morgan fingerprint density at radius 2 is 1.23 bits per heavy atom. The van der Waals surface area contributed by atoms with Crippen LogP contribution in [-0.4, -0.2) is 83.5 Å². The first-order chi connectivity index (χ1) is 10.4. The lowest BCUT2D eigenvalue weighted by Gasteiger charge is -2.27. The van der Waals surface area contributed by atoms with Gasteiger partial charge in [-0.1, -0.05) is 0 Å². The molecule has 0 aromatic carbocycles. The van der Waals surface area contributed by atoms with Gasteiger partial charge in [0.15, 0.2) is 12.3 Å². The van der Waals surface area contributed by atoms with Crippen LogP contribution in [0.3, 0.4) is 0 Å². The van der Waals surface area contributed by atoms with Crippen molar-refractivity contribution in [1.29, 1.82) is 0 Å². The smallest absolute Gasteiger partial charge is 0.332 e. The van der Waals surface area contributed by atoms with E-state index in [1.54, 1.807) is 0 Å². The first-order valence-electron chi connectivity index (χ1n) is 6.55. The first-order valence-corrected chi connectivity index (χ1v) is 6.55. The molecule has 0 saturated carbocycles. The van der Waals surface area contributed by atoms with Gasteiger partial charge >= 0.3 is 12.1 Å². The number of ether oxygens (including phenoxy) is 2. The molecule has 0 atom stereocenters. The van der Waals surface area contributed by atoms with Crippen molar-refractivity contribution in [1.82, 2.24) is 19.6 Å². The van der Waals surface area contributed by atoms with E-state index in [0.29, 0.717) is 0 Å². The molecule has 2 heterocycles. The third kappa shape index (κ3) is 2.20. The van der Waals surface area contributed by atoms with Crippen LogP contribution in [0.15, 0.2) is 0 Å². The number of carbonyl (C=O) groups is 4. The van der Waals surface area contributed by atoms with Crippen LogP contribution in [0.1, 0.15) is 13.8 Å². The molecule has 0 unspecified atom stereocenters. The lowest BCUT2D eigenvalue weighted by molar-refractivity contribution is -0.134. The van der Waals surface area contributed by atoms with Crippen molar-refractivity contribution in [3.63, 3.8) is 0 Å². The average molecular weight is 314 g/mol. The fraction of sp³-hybridized carbons (Fsp3) is 0.667. The Labute approximate surface area is 127 Å². The summed E-state index contributed by atoms with van der Waals surface area (Å²) in [4.78, 5) is 52.7. The fourth-order valence-electron chi connectivity index (χ4n) is 2.78. The summed E-state index contributed by atoms with van der Waals surface area (Å²) >= 11 is 0. The van der Waals surface area contributed by atoms with Crippen molar-refractivity contribution in [3.8, 4) is 0 Å². The lowest BCUT2D eigenvalue weighted by Crippen LogP contribution is -2.50. The van der Waals surface area contributed by atoms with Crippen LogP contribution in [0.25, 0.3) is 0 Å². The summed E-state index contributed by atoms with van der Waals surface area (Å²) in [5.41, 5.74) is 0. The zero-order valence-electron chi connectivity index (χ0n) is 12.8. The molecule has 2 aliphatic rings. The van der Waals surface area contributed by atoms with Crippen LogP contribution in [0.5, 0.6) is 0 Å². The predicted molar refractivity (Wildman–Crippen MR) is 70.8 cm³/mol. The molecule has 10 heteroatoms. The zero-order chi connectivity index (χ0) is 16.6. The minimum Gasteiger partial charge on any atom is -0.364 e. The maximum atomic E-state index is 12.4. The number of amides is 6. The molecule has 2 rings (SSSR count).